The number of nitrogens with one attached hydrogen (secondary N) is 1. The minimum Gasteiger partial charge on any atom is -0.490 e. The van der Waals surface area contributed by atoms with Crippen LogP contribution in [0.5, 0.6) is 11.5 Å². The molecule has 29 heavy (non-hydrogen) atoms. The van der Waals surface area contributed by atoms with Gasteiger partial charge in [-0.15, -0.1) is 0 Å². The van der Waals surface area contributed by atoms with E-state index in [1.807, 2.05) is 26.0 Å². The molecule has 1 N–H and O–H groups in total. The minimum atomic E-state index is -0.405. The molecule has 0 aliphatic carbocycles. The Labute approximate surface area is 173 Å². The number of hydrogen-bond donors (Lipinski definition) is 1. The Balaban J connectivity index is 1.87. The van der Waals surface area contributed by atoms with Gasteiger partial charge in [0.05, 0.1) is 23.8 Å². The fourth-order valence-electron chi connectivity index (χ4n) is 2.59. The van der Waals surface area contributed by atoms with Crippen molar-refractivity contribution in [2.45, 2.75) is 26.7 Å². The third kappa shape index (κ3) is 5.06. The van der Waals surface area contributed by atoms with Gasteiger partial charge in [-0.3, -0.25) is 4.79 Å². The van der Waals surface area contributed by atoms with Crippen LogP contribution in [0.2, 0.25) is 5.02 Å². The van der Waals surface area contributed by atoms with Gasteiger partial charge < -0.3 is 14.8 Å². The van der Waals surface area contributed by atoms with E-state index in [-0.39, 0.29) is 5.82 Å². The summed E-state index contributed by atoms with van der Waals surface area (Å²) in [6.45, 7) is 5.21. The van der Waals surface area contributed by atoms with Gasteiger partial charge in [-0.1, -0.05) is 37.6 Å². The SMILES string of the molecule is CCCOc1ccc(-c2nonc2NC(=O)c2ccccc2Cl)cc1OCCC. The average Bonchev–Trinajstić information content (AvgIpc) is 3.19. The fraction of sp³-hybridized carbons (Fsp3) is 0.286. The zero-order valence-corrected chi connectivity index (χ0v) is 17.0. The molecule has 0 fully saturated rings. The van der Waals surface area contributed by atoms with E-state index in [1.54, 1.807) is 30.3 Å². The first kappa shape index (κ1) is 20.7. The second kappa shape index (κ2) is 9.93. The van der Waals surface area contributed by atoms with Crippen LogP contribution in [-0.4, -0.2) is 29.4 Å². The molecule has 1 heterocycles. The molecule has 1 aromatic heterocycles. The first-order valence-corrected chi connectivity index (χ1v) is 9.80. The maximum absolute atomic E-state index is 12.5. The van der Waals surface area contributed by atoms with Crippen LogP contribution in [0, 0.1) is 0 Å². The quantitative estimate of drug-likeness (QED) is 0.515. The minimum absolute atomic E-state index is 0.193. The first-order chi connectivity index (χ1) is 14.1. The molecule has 1 amide bonds. The summed E-state index contributed by atoms with van der Waals surface area (Å²) in [4.78, 5) is 12.5. The Morgan fingerprint density at radius 3 is 2.48 bits per heavy atom. The van der Waals surface area contributed by atoms with Crippen LogP contribution in [-0.2, 0) is 0 Å². The van der Waals surface area contributed by atoms with Crippen LogP contribution < -0.4 is 14.8 Å². The van der Waals surface area contributed by atoms with Gasteiger partial charge in [0.1, 0.15) is 0 Å². The summed E-state index contributed by atoms with van der Waals surface area (Å²) in [6, 6.07) is 12.2. The number of carbonyl (C=O) groups excluding carboxylic acids is 1. The molecule has 0 spiro atoms. The Morgan fingerprint density at radius 1 is 1.03 bits per heavy atom. The highest BCUT2D eigenvalue weighted by Gasteiger charge is 2.19. The van der Waals surface area contributed by atoms with Crippen LogP contribution in [0.3, 0.4) is 0 Å². The Kier molecular flexibility index (Phi) is 7.08. The zero-order chi connectivity index (χ0) is 20.6. The van der Waals surface area contributed by atoms with Gasteiger partial charge in [0.2, 0.25) is 5.82 Å². The standard InChI is InChI=1S/C21H22ClN3O4/c1-3-11-27-17-10-9-14(13-18(17)28-12-4-2)19-20(25-29-24-19)23-21(26)15-7-5-6-8-16(15)22/h5-10,13H,3-4,11-12H2,1-2H3,(H,23,25,26). The van der Waals surface area contributed by atoms with Gasteiger partial charge >= 0.3 is 0 Å². The number of amides is 1. The third-order valence-electron chi connectivity index (χ3n) is 3.98. The summed E-state index contributed by atoms with van der Waals surface area (Å²) in [6.07, 6.45) is 1.75. The molecule has 3 aromatic rings. The highest BCUT2D eigenvalue weighted by atomic mass is 35.5. The number of aromatic nitrogens is 2. The van der Waals surface area contributed by atoms with Gasteiger partial charge in [0.15, 0.2) is 17.2 Å². The number of anilines is 1. The number of ether oxygens (including phenoxy) is 2. The lowest BCUT2D eigenvalue weighted by Crippen LogP contribution is -2.13. The molecule has 8 heteroatoms. The highest BCUT2D eigenvalue weighted by molar-refractivity contribution is 6.34. The van der Waals surface area contributed by atoms with E-state index < -0.39 is 5.91 Å². The van der Waals surface area contributed by atoms with E-state index in [4.69, 9.17) is 25.7 Å². The van der Waals surface area contributed by atoms with Crippen molar-refractivity contribution in [3.8, 4) is 22.8 Å². The third-order valence-corrected chi connectivity index (χ3v) is 4.31. The van der Waals surface area contributed by atoms with Crippen LogP contribution in [0.1, 0.15) is 37.0 Å². The molecule has 2 aromatic carbocycles. The van der Waals surface area contributed by atoms with E-state index in [9.17, 15) is 4.79 Å². The molecule has 0 aliphatic rings. The van der Waals surface area contributed by atoms with Crippen LogP contribution in [0.4, 0.5) is 5.82 Å². The van der Waals surface area contributed by atoms with Gasteiger partial charge in [0.25, 0.3) is 5.91 Å². The maximum Gasteiger partial charge on any atom is 0.258 e. The van der Waals surface area contributed by atoms with Crippen molar-refractivity contribution in [1.82, 2.24) is 10.3 Å². The van der Waals surface area contributed by atoms with Crippen molar-refractivity contribution in [2.75, 3.05) is 18.5 Å². The normalized spacial score (nSPS) is 10.6. The summed E-state index contributed by atoms with van der Waals surface area (Å²) < 4.78 is 16.4. The smallest absolute Gasteiger partial charge is 0.258 e. The van der Waals surface area contributed by atoms with E-state index >= 15 is 0 Å². The molecule has 0 bridgehead atoms. The molecule has 0 radical (unpaired) electrons. The monoisotopic (exact) mass is 415 g/mol. The van der Waals surface area contributed by atoms with Crippen molar-refractivity contribution < 1.29 is 18.9 Å². The Bertz CT molecular complexity index is 974. The molecule has 152 valence electrons. The van der Waals surface area contributed by atoms with E-state index in [2.05, 4.69) is 15.6 Å². The molecule has 7 nitrogen and oxygen atoms in total. The van der Waals surface area contributed by atoms with E-state index in [0.717, 1.165) is 12.8 Å². The van der Waals surface area contributed by atoms with E-state index in [0.29, 0.717) is 46.6 Å². The van der Waals surface area contributed by atoms with Crippen LogP contribution >= 0.6 is 11.6 Å². The lowest BCUT2D eigenvalue weighted by molar-refractivity contribution is 0.102. The molecule has 3 rings (SSSR count). The molecule has 0 saturated carbocycles. The molecule has 0 unspecified atom stereocenters. The van der Waals surface area contributed by atoms with Gasteiger partial charge in [-0.25, -0.2) is 4.63 Å². The summed E-state index contributed by atoms with van der Waals surface area (Å²) >= 11 is 6.09. The summed E-state index contributed by atoms with van der Waals surface area (Å²) in [5.74, 6) is 1.04. The summed E-state index contributed by atoms with van der Waals surface area (Å²) in [5.41, 5.74) is 1.39. The van der Waals surface area contributed by atoms with Crippen molar-refractivity contribution in [1.29, 1.82) is 0 Å². The molecular formula is C21H22ClN3O4. The lowest BCUT2D eigenvalue weighted by Gasteiger charge is -2.13. The number of halogens is 1. The maximum atomic E-state index is 12.5. The molecular weight excluding hydrogens is 394 g/mol. The fourth-order valence-corrected chi connectivity index (χ4v) is 2.81. The van der Waals surface area contributed by atoms with Crippen molar-refractivity contribution >= 4 is 23.3 Å². The van der Waals surface area contributed by atoms with Crippen LogP contribution in [0.25, 0.3) is 11.3 Å². The summed E-state index contributed by atoms with van der Waals surface area (Å²) in [5, 5.41) is 10.8. The van der Waals surface area contributed by atoms with Crippen LogP contribution in [0.15, 0.2) is 47.1 Å². The lowest BCUT2D eigenvalue weighted by atomic mass is 10.1. The zero-order valence-electron chi connectivity index (χ0n) is 16.3. The number of rotatable bonds is 9. The van der Waals surface area contributed by atoms with Crippen molar-refractivity contribution in [3.05, 3.63) is 53.1 Å². The number of hydrogen-bond acceptors (Lipinski definition) is 6. The molecule has 0 saturated heterocycles. The number of nitrogens with zero attached hydrogens (tertiary/aromatic N) is 2. The average molecular weight is 416 g/mol. The Morgan fingerprint density at radius 2 is 1.76 bits per heavy atom. The largest absolute Gasteiger partial charge is 0.490 e. The second-order valence-electron chi connectivity index (χ2n) is 6.25. The number of carbonyl (C=O) groups is 1. The predicted molar refractivity (Wildman–Crippen MR) is 111 cm³/mol. The topological polar surface area (TPSA) is 86.5 Å². The molecule has 0 atom stereocenters. The van der Waals surface area contributed by atoms with E-state index in [1.165, 1.54) is 0 Å². The summed E-state index contributed by atoms with van der Waals surface area (Å²) in [7, 11) is 0. The molecule has 0 aliphatic heterocycles. The second-order valence-corrected chi connectivity index (χ2v) is 6.66. The van der Waals surface area contributed by atoms with Gasteiger partial charge in [0, 0.05) is 5.56 Å². The van der Waals surface area contributed by atoms with Gasteiger partial charge in [-0.05, 0) is 53.5 Å². The Hall–Kier alpha value is -3.06. The predicted octanol–water partition coefficient (Wildman–Crippen LogP) is 5.22. The van der Waals surface area contributed by atoms with Gasteiger partial charge in [-0.2, -0.15) is 0 Å². The number of benzene rings is 2. The first-order valence-electron chi connectivity index (χ1n) is 9.42. The van der Waals surface area contributed by atoms with Crippen molar-refractivity contribution in [3.63, 3.8) is 0 Å². The van der Waals surface area contributed by atoms with Crippen molar-refractivity contribution in [2.24, 2.45) is 0 Å². The highest BCUT2D eigenvalue weighted by Crippen LogP contribution is 2.34.